The molecule has 1 atom stereocenters. The summed E-state index contributed by atoms with van der Waals surface area (Å²) in [7, 11) is 1.83. The lowest BCUT2D eigenvalue weighted by Gasteiger charge is -2.32. The summed E-state index contributed by atoms with van der Waals surface area (Å²) in [6.45, 7) is 1.61. The van der Waals surface area contributed by atoms with Crippen molar-refractivity contribution >= 4 is 16.9 Å². The minimum Gasteiger partial charge on any atom is -0.346 e. The van der Waals surface area contributed by atoms with Crippen molar-refractivity contribution in [1.82, 2.24) is 24.6 Å². The monoisotopic (exact) mass is 323 g/mol. The van der Waals surface area contributed by atoms with Crippen LogP contribution in [0.5, 0.6) is 0 Å². The number of H-pyrrole nitrogens is 1. The number of aromatic amines is 1. The number of amides is 1. The molecule has 1 aliphatic rings. The summed E-state index contributed by atoms with van der Waals surface area (Å²) in [6, 6.07) is 6.03. The van der Waals surface area contributed by atoms with Crippen LogP contribution in [-0.2, 0) is 13.5 Å². The molecular formula is C18H21N5O. The molecule has 1 aliphatic heterocycles. The number of nitrogens with one attached hydrogen (secondary N) is 1. The first-order chi connectivity index (χ1) is 11.7. The summed E-state index contributed by atoms with van der Waals surface area (Å²) in [5, 5.41) is 5.38. The predicted molar refractivity (Wildman–Crippen MR) is 91.6 cm³/mol. The van der Waals surface area contributed by atoms with E-state index in [1.807, 2.05) is 36.6 Å². The number of likely N-dealkylation sites (tertiary alicyclic amines) is 1. The fourth-order valence-corrected chi connectivity index (χ4v) is 3.54. The number of pyridine rings is 1. The van der Waals surface area contributed by atoms with Crippen molar-refractivity contribution in [3.8, 4) is 0 Å². The molecule has 3 aromatic heterocycles. The fourth-order valence-electron chi connectivity index (χ4n) is 3.54. The van der Waals surface area contributed by atoms with Crippen LogP contribution < -0.4 is 0 Å². The van der Waals surface area contributed by atoms with E-state index in [-0.39, 0.29) is 5.91 Å². The topological polar surface area (TPSA) is 66.8 Å². The molecule has 0 spiro atoms. The minimum atomic E-state index is 0.0412. The second-order valence-electron chi connectivity index (χ2n) is 6.60. The van der Waals surface area contributed by atoms with Gasteiger partial charge in [0.15, 0.2) is 0 Å². The third kappa shape index (κ3) is 2.91. The summed E-state index contributed by atoms with van der Waals surface area (Å²) in [6.07, 6.45) is 8.82. The van der Waals surface area contributed by atoms with Crippen LogP contribution in [0, 0.1) is 5.92 Å². The van der Waals surface area contributed by atoms with Crippen molar-refractivity contribution in [3.63, 3.8) is 0 Å². The zero-order chi connectivity index (χ0) is 16.5. The Morgan fingerprint density at radius 3 is 3.17 bits per heavy atom. The standard InChI is InChI=1S/C18H21N5O/c1-22-8-5-16(21-22)18(24)23-7-2-3-13(12-23)9-14-10-15-4-6-19-17(15)20-11-14/h4-6,8,10-11,13H,2-3,7,9,12H2,1H3,(H,19,20). The molecular weight excluding hydrogens is 302 g/mol. The Morgan fingerprint density at radius 1 is 1.42 bits per heavy atom. The normalized spacial score (nSPS) is 18.2. The Bertz CT molecular complexity index is 865. The van der Waals surface area contributed by atoms with E-state index in [1.165, 1.54) is 5.56 Å². The van der Waals surface area contributed by atoms with E-state index in [2.05, 4.69) is 21.1 Å². The Balaban J connectivity index is 1.45. The Hall–Kier alpha value is -2.63. The first kappa shape index (κ1) is 14.9. The van der Waals surface area contributed by atoms with Crippen LogP contribution in [-0.4, -0.2) is 43.6 Å². The number of hydrogen-bond donors (Lipinski definition) is 1. The van der Waals surface area contributed by atoms with Crippen LogP contribution in [0.2, 0.25) is 0 Å². The molecule has 1 unspecified atom stereocenters. The highest BCUT2D eigenvalue weighted by Gasteiger charge is 2.25. The van der Waals surface area contributed by atoms with Gasteiger partial charge in [-0.05, 0) is 48.9 Å². The van der Waals surface area contributed by atoms with Crippen LogP contribution >= 0.6 is 0 Å². The molecule has 4 rings (SSSR count). The van der Waals surface area contributed by atoms with Gasteiger partial charge in [0.2, 0.25) is 0 Å². The van der Waals surface area contributed by atoms with Crippen molar-refractivity contribution in [2.24, 2.45) is 13.0 Å². The van der Waals surface area contributed by atoms with Gasteiger partial charge in [-0.15, -0.1) is 0 Å². The number of fused-ring (bicyclic) bond motifs is 1. The first-order valence-corrected chi connectivity index (χ1v) is 8.40. The van der Waals surface area contributed by atoms with Gasteiger partial charge in [0.05, 0.1) is 0 Å². The number of rotatable bonds is 3. The highest BCUT2D eigenvalue weighted by molar-refractivity contribution is 5.92. The Morgan fingerprint density at radius 2 is 2.33 bits per heavy atom. The highest BCUT2D eigenvalue weighted by Crippen LogP contribution is 2.23. The summed E-state index contributed by atoms with van der Waals surface area (Å²) in [4.78, 5) is 22.1. The first-order valence-electron chi connectivity index (χ1n) is 8.40. The van der Waals surface area contributed by atoms with Gasteiger partial charge in [-0.3, -0.25) is 9.48 Å². The lowest BCUT2D eigenvalue weighted by Crippen LogP contribution is -2.40. The second-order valence-corrected chi connectivity index (χ2v) is 6.60. The van der Waals surface area contributed by atoms with E-state index < -0.39 is 0 Å². The van der Waals surface area contributed by atoms with E-state index in [9.17, 15) is 4.79 Å². The molecule has 1 amide bonds. The molecule has 0 radical (unpaired) electrons. The maximum Gasteiger partial charge on any atom is 0.274 e. The molecule has 24 heavy (non-hydrogen) atoms. The van der Waals surface area contributed by atoms with Crippen LogP contribution in [0.1, 0.15) is 28.9 Å². The lowest BCUT2D eigenvalue weighted by atomic mass is 9.91. The van der Waals surface area contributed by atoms with E-state index in [1.54, 1.807) is 10.7 Å². The molecule has 4 heterocycles. The average Bonchev–Trinajstić information content (AvgIpc) is 3.23. The Labute approximate surface area is 140 Å². The summed E-state index contributed by atoms with van der Waals surface area (Å²) in [5.41, 5.74) is 2.70. The largest absolute Gasteiger partial charge is 0.346 e. The molecule has 1 fully saturated rings. The zero-order valence-electron chi connectivity index (χ0n) is 13.8. The van der Waals surface area contributed by atoms with Gasteiger partial charge in [-0.1, -0.05) is 0 Å². The number of carbonyl (C=O) groups is 1. The van der Waals surface area contributed by atoms with Crippen molar-refractivity contribution in [2.45, 2.75) is 19.3 Å². The number of carbonyl (C=O) groups excluding carboxylic acids is 1. The molecule has 0 aromatic carbocycles. The SMILES string of the molecule is Cn1ccc(C(=O)N2CCCC(Cc3cnc4[nH]ccc4c3)C2)n1. The van der Waals surface area contributed by atoms with E-state index in [0.29, 0.717) is 11.6 Å². The fraction of sp³-hybridized carbons (Fsp3) is 0.389. The zero-order valence-corrected chi connectivity index (χ0v) is 13.8. The third-order valence-corrected chi connectivity index (χ3v) is 4.72. The van der Waals surface area contributed by atoms with Gasteiger partial charge in [0, 0.05) is 44.1 Å². The highest BCUT2D eigenvalue weighted by atomic mass is 16.2. The number of aryl methyl sites for hydroxylation is 1. The smallest absolute Gasteiger partial charge is 0.274 e. The molecule has 0 saturated carbocycles. The van der Waals surface area contributed by atoms with Crippen molar-refractivity contribution < 1.29 is 4.79 Å². The van der Waals surface area contributed by atoms with E-state index in [0.717, 1.165) is 43.4 Å². The maximum absolute atomic E-state index is 12.6. The maximum atomic E-state index is 12.6. The van der Waals surface area contributed by atoms with Crippen molar-refractivity contribution in [1.29, 1.82) is 0 Å². The summed E-state index contributed by atoms with van der Waals surface area (Å²) < 4.78 is 1.67. The molecule has 6 heteroatoms. The number of hydrogen-bond acceptors (Lipinski definition) is 3. The van der Waals surface area contributed by atoms with Gasteiger partial charge in [0.1, 0.15) is 11.3 Å². The molecule has 124 valence electrons. The molecule has 1 N–H and O–H groups in total. The molecule has 0 bridgehead atoms. The lowest BCUT2D eigenvalue weighted by molar-refractivity contribution is 0.0666. The molecule has 3 aromatic rings. The van der Waals surface area contributed by atoms with Gasteiger partial charge in [-0.2, -0.15) is 5.10 Å². The van der Waals surface area contributed by atoms with Crippen LogP contribution in [0.3, 0.4) is 0 Å². The molecule has 1 saturated heterocycles. The number of aromatic nitrogens is 4. The third-order valence-electron chi connectivity index (χ3n) is 4.72. The van der Waals surface area contributed by atoms with E-state index in [4.69, 9.17) is 0 Å². The van der Waals surface area contributed by atoms with Crippen LogP contribution in [0.25, 0.3) is 11.0 Å². The number of nitrogens with zero attached hydrogens (tertiary/aromatic N) is 4. The van der Waals surface area contributed by atoms with Crippen molar-refractivity contribution in [2.75, 3.05) is 13.1 Å². The van der Waals surface area contributed by atoms with Gasteiger partial charge >= 0.3 is 0 Å². The Kier molecular flexibility index (Phi) is 3.80. The van der Waals surface area contributed by atoms with E-state index >= 15 is 0 Å². The molecule has 6 nitrogen and oxygen atoms in total. The summed E-state index contributed by atoms with van der Waals surface area (Å²) in [5.74, 6) is 0.518. The van der Waals surface area contributed by atoms with Crippen molar-refractivity contribution in [3.05, 3.63) is 48.0 Å². The quantitative estimate of drug-likeness (QED) is 0.805. The summed E-state index contributed by atoms with van der Waals surface area (Å²) >= 11 is 0. The average molecular weight is 323 g/mol. The second kappa shape index (κ2) is 6.11. The van der Waals surface area contributed by atoms with Gasteiger partial charge < -0.3 is 9.88 Å². The van der Waals surface area contributed by atoms with Crippen LogP contribution in [0.15, 0.2) is 36.8 Å². The minimum absolute atomic E-state index is 0.0412. The van der Waals surface area contributed by atoms with Crippen LogP contribution in [0.4, 0.5) is 0 Å². The van der Waals surface area contributed by atoms with Gasteiger partial charge in [-0.25, -0.2) is 4.98 Å². The molecule has 0 aliphatic carbocycles. The number of piperidine rings is 1. The predicted octanol–water partition coefficient (Wildman–Crippen LogP) is 2.39. The van der Waals surface area contributed by atoms with Gasteiger partial charge in [0.25, 0.3) is 5.91 Å².